The van der Waals surface area contributed by atoms with Gasteiger partial charge in [-0.3, -0.25) is 0 Å². The SMILES string of the molecule is CCCC[c-]1cccc1C.CP(C)c1cc2ccccc2[cH-]1.[F-].[F-].[Ti+4]. The first-order chi connectivity index (χ1) is 10.6. The summed E-state index contributed by atoms with van der Waals surface area (Å²) in [5.74, 6) is 0. The van der Waals surface area contributed by atoms with E-state index in [0.717, 1.165) is 0 Å². The van der Waals surface area contributed by atoms with Gasteiger partial charge in [0.15, 0.2) is 0 Å². The molecule has 0 aliphatic rings. The summed E-state index contributed by atoms with van der Waals surface area (Å²) in [5, 5.41) is 4.26. The molecule has 4 heteroatoms. The van der Waals surface area contributed by atoms with E-state index in [0.29, 0.717) is 0 Å². The molecule has 0 aromatic heterocycles. The zero-order valence-electron chi connectivity index (χ0n) is 15.5. The molecule has 25 heavy (non-hydrogen) atoms. The Balaban J connectivity index is 0. The predicted octanol–water partition coefficient (Wildman–Crippen LogP) is -0.0125. The first-order valence-corrected chi connectivity index (χ1v) is 10.4. The number of unbranched alkanes of at least 4 members (excludes halogenated alkanes) is 1. The Labute approximate surface area is 167 Å². The van der Waals surface area contributed by atoms with Gasteiger partial charge in [-0.05, 0) is 13.3 Å². The molecule has 0 aliphatic heterocycles. The number of benzene rings is 1. The normalized spacial score (nSPS) is 9.48. The molecule has 0 N–H and O–H groups in total. The third-order valence-corrected chi connectivity index (χ3v) is 5.36. The summed E-state index contributed by atoms with van der Waals surface area (Å²) in [5.41, 5.74) is 2.98. The van der Waals surface area contributed by atoms with Gasteiger partial charge in [-0.25, -0.2) is 12.1 Å². The van der Waals surface area contributed by atoms with Gasteiger partial charge in [0.25, 0.3) is 0 Å². The molecule has 0 fully saturated rings. The third-order valence-electron chi connectivity index (χ3n) is 4.07. The van der Waals surface area contributed by atoms with E-state index in [2.05, 4.69) is 81.8 Å². The minimum Gasteiger partial charge on any atom is -1.00 e. The van der Waals surface area contributed by atoms with Crippen molar-refractivity contribution >= 4 is 24.0 Å². The van der Waals surface area contributed by atoms with Crippen LogP contribution in [0.1, 0.15) is 30.9 Å². The second-order valence-electron chi connectivity index (χ2n) is 6.07. The number of aryl methyl sites for hydroxylation is 2. The van der Waals surface area contributed by atoms with E-state index in [1.54, 1.807) is 0 Å². The van der Waals surface area contributed by atoms with Crippen molar-refractivity contribution in [3.8, 4) is 0 Å². The average molecular weight is 396 g/mol. The van der Waals surface area contributed by atoms with Crippen molar-refractivity contribution in [1.29, 1.82) is 0 Å². The summed E-state index contributed by atoms with van der Waals surface area (Å²) in [4.78, 5) is 0. The molecule has 0 aliphatic carbocycles. The van der Waals surface area contributed by atoms with E-state index in [-0.39, 0.29) is 39.0 Å². The van der Waals surface area contributed by atoms with Crippen LogP contribution in [0.15, 0.2) is 54.6 Å². The maximum Gasteiger partial charge on any atom is 4.00 e. The van der Waals surface area contributed by atoms with Crippen LogP contribution in [0.4, 0.5) is 0 Å². The van der Waals surface area contributed by atoms with Gasteiger partial charge in [0.1, 0.15) is 0 Å². The van der Waals surface area contributed by atoms with Crippen molar-refractivity contribution in [2.24, 2.45) is 0 Å². The van der Waals surface area contributed by atoms with Crippen molar-refractivity contribution in [1.82, 2.24) is 0 Å². The van der Waals surface area contributed by atoms with E-state index >= 15 is 0 Å². The molecule has 0 atom stereocenters. The molecule has 0 saturated heterocycles. The van der Waals surface area contributed by atoms with E-state index in [9.17, 15) is 0 Å². The third kappa shape index (κ3) is 7.95. The Morgan fingerprint density at radius 1 is 1.04 bits per heavy atom. The Kier molecular flexibility index (Phi) is 14.2. The first kappa shape index (κ1) is 26.4. The van der Waals surface area contributed by atoms with Gasteiger partial charge in [0.05, 0.1) is 0 Å². The minimum absolute atomic E-state index is 0. The summed E-state index contributed by atoms with van der Waals surface area (Å²) in [7, 11) is 0.0576. The van der Waals surface area contributed by atoms with E-state index in [1.807, 2.05) is 0 Å². The molecule has 0 saturated carbocycles. The molecule has 0 heterocycles. The molecular formula is C21H27F2PTi. The summed E-state index contributed by atoms with van der Waals surface area (Å²) in [6, 6.07) is 19.7. The largest absolute Gasteiger partial charge is 4.00 e. The molecular weight excluding hydrogens is 369 g/mol. The Morgan fingerprint density at radius 3 is 2.24 bits per heavy atom. The molecule has 3 rings (SSSR count). The van der Waals surface area contributed by atoms with Crippen molar-refractivity contribution < 1.29 is 31.1 Å². The van der Waals surface area contributed by atoms with Crippen molar-refractivity contribution in [3.05, 3.63) is 65.7 Å². The summed E-state index contributed by atoms with van der Waals surface area (Å²) in [6.45, 7) is 9.01. The molecule has 0 radical (unpaired) electrons. The van der Waals surface area contributed by atoms with Crippen LogP contribution < -0.4 is 14.7 Å². The number of hydrogen-bond acceptors (Lipinski definition) is 0. The van der Waals surface area contributed by atoms with E-state index in [4.69, 9.17) is 0 Å². The molecule has 0 nitrogen and oxygen atoms in total. The molecule has 0 spiro atoms. The molecule has 0 amide bonds. The number of fused-ring (bicyclic) bond motifs is 1. The summed E-state index contributed by atoms with van der Waals surface area (Å²) in [6.07, 6.45) is 3.88. The molecule has 3 aromatic carbocycles. The number of halogens is 2. The van der Waals surface area contributed by atoms with Gasteiger partial charge in [0, 0.05) is 0 Å². The van der Waals surface area contributed by atoms with Gasteiger partial charge < -0.3 is 9.41 Å². The number of rotatable bonds is 4. The van der Waals surface area contributed by atoms with Gasteiger partial charge >= 0.3 is 21.7 Å². The van der Waals surface area contributed by atoms with Crippen LogP contribution in [0.3, 0.4) is 0 Å². The Morgan fingerprint density at radius 2 is 1.72 bits per heavy atom. The van der Waals surface area contributed by atoms with Gasteiger partial charge in [0.2, 0.25) is 0 Å². The second-order valence-corrected chi connectivity index (χ2v) is 8.38. The molecule has 134 valence electrons. The van der Waals surface area contributed by atoms with E-state index < -0.39 is 0 Å². The topological polar surface area (TPSA) is 0 Å². The van der Waals surface area contributed by atoms with Crippen molar-refractivity contribution in [3.63, 3.8) is 0 Å². The molecule has 0 unspecified atom stereocenters. The standard InChI is InChI=1S/C11H12P.C10H15.2FH.Ti/c1-12(2)11-7-9-5-3-4-6-10(9)8-11;1-3-4-7-10-8-5-6-9(10)2;;;/h3-8H,1-2H3;5-6,8H,3-4,7H2,1-2H3;2*1H;/q2*-1;;;+4/p-2. The molecule has 3 aromatic rings. The fourth-order valence-corrected chi connectivity index (χ4v) is 3.38. The molecule has 0 bridgehead atoms. The maximum atomic E-state index is 2.31. The smallest absolute Gasteiger partial charge is 1.00 e. The first-order valence-electron chi connectivity index (χ1n) is 8.15. The van der Waals surface area contributed by atoms with E-state index in [1.165, 1.54) is 46.5 Å². The fourth-order valence-electron chi connectivity index (χ4n) is 2.59. The van der Waals surface area contributed by atoms with Gasteiger partial charge in [-0.15, -0.1) is 48.3 Å². The second kappa shape index (κ2) is 13.4. The maximum absolute atomic E-state index is 2.31. The summed E-state index contributed by atoms with van der Waals surface area (Å²) >= 11 is 0. The van der Waals surface area contributed by atoms with Crippen LogP contribution in [0, 0.1) is 6.92 Å². The quantitative estimate of drug-likeness (QED) is 0.331. The van der Waals surface area contributed by atoms with Crippen molar-refractivity contribution in [2.75, 3.05) is 13.3 Å². The zero-order chi connectivity index (χ0) is 15.9. The van der Waals surface area contributed by atoms with Crippen LogP contribution in [0.2, 0.25) is 0 Å². The van der Waals surface area contributed by atoms with Gasteiger partial charge in [-0.1, -0.05) is 39.2 Å². The van der Waals surface area contributed by atoms with Crippen molar-refractivity contribution in [2.45, 2.75) is 33.1 Å². The van der Waals surface area contributed by atoms with Gasteiger partial charge in [-0.2, -0.15) is 23.3 Å². The van der Waals surface area contributed by atoms with Crippen LogP contribution in [0.25, 0.3) is 10.8 Å². The summed E-state index contributed by atoms with van der Waals surface area (Å²) < 4.78 is 0. The number of hydrogen-bond donors (Lipinski definition) is 0. The average Bonchev–Trinajstić information content (AvgIpc) is 3.11. The van der Waals surface area contributed by atoms with Crippen LogP contribution >= 0.6 is 7.92 Å². The van der Waals surface area contributed by atoms with Crippen LogP contribution in [0.5, 0.6) is 0 Å². The zero-order valence-corrected chi connectivity index (χ0v) is 18.0. The predicted molar refractivity (Wildman–Crippen MR) is 103 cm³/mol. The monoisotopic (exact) mass is 396 g/mol. The Hall–Kier alpha value is -0.816. The fraction of sp³-hybridized carbons (Fsp3) is 0.333. The minimum atomic E-state index is 0. The Bertz CT molecular complexity index is 668. The van der Waals surface area contributed by atoms with Crippen LogP contribution in [-0.2, 0) is 28.1 Å². The van der Waals surface area contributed by atoms with Crippen LogP contribution in [-0.4, -0.2) is 13.3 Å².